The SMILES string of the molecule is CC(C)(Cc1nn(C2CCCCC2)c2c1CCCC2)C(=O)Cl. The molecule has 1 fully saturated rings. The second-order valence-electron chi connectivity index (χ2n) is 7.65. The quantitative estimate of drug-likeness (QED) is 0.759. The van der Waals surface area contributed by atoms with E-state index in [9.17, 15) is 4.79 Å². The molecule has 0 amide bonds. The number of rotatable bonds is 4. The first-order chi connectivity index (χ1) is 10.5. The van der Waals surface area contributed by atoms with Gasteiger partial charge in [-0.2, -0.15) is 5.10 Å². The number of fused-ring (bicyclic) bond motifs is 1. The van der Waals surface area contributed by atoms with Crippen molar-refractivity contribution in [2.24, 2.45) is 5.41 Å². The molecule has 1 aromatic rings. The lowest BCUT2D eigenvalue weighted by Crippen LogP contribution is -2.23. The maximum atomic E-state index is 11.7. The van der Waals surface area contributed by atoms with Crippen molar-refractivity contribution in [3.8, 4) is 0 Å². The molecule has 1 saturated carbocycles. The maximum absolute atomic E-state index is 11.7. The van der Waals surface area contributed by atoms with Crippen LogP contribution in [0.15, 0.2) is 0 Å². The molecule has 1 aromatic heterocycles. The normalized spacial score (nSPS) is 20.0. The lowest BCUT2D eigenvalue weighted by atomic mass is 9.85. The van der Waals surface area contributed by atoms with Gasteiger partial charge in [0.2, 0.25) is 5.24 Å². The molecule has 0 atom stereocenters. The van der Waals surface area contributed by atoms with Crippen molar-refractivity contribution < 1.29 is 4.79 Å². The fraction of sp³-hybridized carbons (Fsp3) is 0.778. The van der Waals surface area contributed by atoms with Gasteiger partial charge in [0.15, 0.2) is 0 Å². The second kappa shape index (κ2) is 6.35. The van der Waals surface area contributed by atoms with Gasteiger partial charge in [-0.05, 0) is 55.7 Å². The molecule has 3 rings (SSSR count). The summed E-state index contributed by atoms with van der Waals surface area (Å²) < 4.78 is 2.33. The van der Waals surface area contributed by atoms with E-state index in [1.807, 2.05) is 13.8 Å². The second-order valence-corrected chi connectivity index (χ2v) is 7.99. The van der Waals surface area contributed by atoms with Crippen LogP contribution in [0.25, 0.3) is 0 Å². The molecule has 0 aromatic carbocycles. The first-order valence-corrected chi connectivity index (χ1v) is 9.16. The molecular weight excluding hydrogens is 296 g/mol. The highest BCUT2D eigenvalue weighted by atomic mass is 35.5. The van der Waals surface area contributed by atoms with Crippen LogP contribution in [0.2, 0.25) is 0 Å². The number of hydrogen-bond acceptors (Lipinski definition) is 2. The summed E-state index contributed by atoms with van der Waals surface area (Å²) in [7, 11) is 0. The lowest BCUT2D eigenvalue weighted by molar-refractivity contribution is -0.118. The summed E-state index contributed by atoms with van der Waals surface area (Å²) in [5.74, 6) is 0. The van der Waals surface area contributed by atoms with Crippen LogP contribution in [0, 0.1) is 5.41 Å². The van der Waals surface area contributed by atoms with Gasteiger partial charge in [-0.15, -0.1) is 0 Å². The average molecular weight is 323 g/mol. The summed E-state index contributed by atoms with van der Waals surface area (Å²) in [5, 5.41) is 4.73. The van der Waals surface area contributed by atoms with E-state index in [4.69, 9.17) is 16.7 Å². The summed E-state index contributed by atoms with van der Waals surface area (Å²) in [4.78, 5) is 11.7. The highest BCUT2D eigenvalue weighted by Crippen LogP contribution is 2.35. The van der Waals surface area contributed by atoms with Gasteiger partial charge in [-0.25, -0.2) is 0 Å². The Labute approximate surface area is 138 Å². The molecule has 22 heavy (non-hydrogen) atoms. The van der Waals surface area contributed by atoms with E-state index in [0.717, 1.165) is 18.5 Å². The monoisotopic (exact) mass is 322 g/mol. The molecule has 2 aliphatic carbocycles. The Morgan fingerprint density at radius 1 is 1.18 bits per heavy atom. The zero-order chi connectivity index (χ0) is 15.7. The van der Waals surface area contributed by atoms with E-state index >= 15 is 0 Å². The Balaban J connectivity index is 1.93. The smallest absolute Gasteiger partial charge is 0.227 e. The van der Waals surface area contributed by atoms with Crippen molar-refractivity contribution in [1.82, 2.24) is 9.78 Å². The van der Waals surface area contributed by atoms with E-state index < -0.39 is 5.41 Å². The molecule has 0 unspecified atom stereocenters. The Morgan fingerprint density at radius 3 is 2.55 bits per heavy atom. The van der Waals surface area contributed by atoms with Crippen molar-refractivity contribution in [3.63, 3.8) is 0 Å². The van der Waals surface area contributed by atoms with Crippen LogP contribution < -0.4 is 0 Å². The van der Waals surface area contributed by atoms with Crippen molar-refractivity contribution in [2.45, 2.75) is 84.1 Å². The standard InChI is InChI=1S/C18H27ClN2O/c1-18(2,17(19)22)12-15-14-10-6-7-11-16(14)21(20-15)13-8-4-3-5-9-13/h13H,3-12H2,1-2H3. The van der Waals surface area contributed by atoms with E-state index in [2.05, 4.69) is 4.68 Å². The van der Waals surface area contributed by atoms with Crippen LogP contribution in [0.3, 0.4) is 0 Å². The molecule has 0 radical (unpaired) electrons. The highest BCUT2D eigenvalue weighted by Gasteiger charge is 2.32. The van der Waals surface area contributed by atoms with Crippen molar-refractivity contribution in [3.05, 3.63) is 17.0 Å². The molecule has 3 nitrogen and oxygen atoms in total. The molecule has 122 valence electrons. The van der Waals surface area contributed by atoms with Gasteiger partial charge >= 0.3 is 0 Å². The van der Waals surface area contributed by atoms with Gasteiger partial charge in [-0.1, -0.05) is 33.1 Å². The predicted molar refractivity (Wildman–Crippen MR) is 89.3 cm³/mol. The largest absolute Gasteiger partial charge is 0.281 e. The molecule has 0 N–H and O–H groups in total. The van der Waals surface area contributed by atoms with E-state index in [1.54, 1.807) is 0 Å². The van der Waals surface area contributed by atoms with Crippen LogP contribution >= 0.6 is 11.6 Å². The molecule has 4 heteroatoms. The molecule has 0 bridgehead atoms. The number of halogens is 1. The molecule has 2 aliphatic rings. The van der Waals surface area contributed by atoms with Gasteiger partial charge < -0.3 is 0 Å². The van der Waals surface area contributed by atoms with Crippen LogP contribution in [-0.4, -0.2) is 15.0 Å². The third-order valence-electron chi connectivity index (χ3n) is 5.35. The minimum Gasteiger partial charge on any atom is -0.281 e. The summed E-state index contributed by atoms with van der Waals surface area (Å²) in [5.41, 5.74) is 3.46. The summed E-state index contributed by atoms with van der Waals surface area (Å²) in [6.45, 7) is 3.86. The molecule has 1 heterocycles. The summed E-state index contributed by atoms with van der Waals surface area (Å²) >= 11 is 5.78. The fourth-order valence-electron chi connectivity index (χ4n) is 3.96. The van der Waals surface area contributed by atoms with E-state index in [-0.39, 0.29) is 5.24 Å². The van der Waals surface area contributed by atoms with Gasteiger partial charge in [0, 0.05) is 17.5 Å². The van der Waals surface area contributed by atoms with Crippen LogP contribution in [0.5, 0.6) is 0 Å². The lowest BCUT2D eigenvalue weighted by Gasteiger charge is -2.25. The van der Waals surface area contributed by atoms with E-state index in [0.29, 0.717) is 12.5 Å². The third-order valence-corrected chi connectivity index (χ3v) is 5.87. The van der Waals surface area contributed by atoms with Crippen LogP contribution in [0.1, 0.15) is 81.8 Å². The van der Waals surface area contributed by atoms with Gasteiger partial charge in [0.1, 0.15) is 0 Å². The van der Waals surface area contributed by atoms with Crippen molar-refractivity contribution >= 4 is 16.8 Å². The summed E-state index contributed by atoms with van der Waals surface area (Å²) in [6, 6.07) is 0.573. The first-order valence-electron chi connectivity index (χ1n) is 8.78. The number of aromatic nitrogens is 2. The Hall–Kier alpha value is -0.830. The van der Waals surface area contributed by atoms with Gasteiger partial charge in [0.25, 0.3) is 0 Å². The van der Waals surface area contributed by atoms with Crippen LogP contribution in [-0.2, 0) is 24.1 Å². The number of nitrogens with zero attached hydrogens (tertiary/aromatic N) is 2. The van der Waals surface area contributed by atoms with Gasteiger partial charge in [0.05, 0.1) is 11.7 Å². The zero-order valence-corrected chi connectivity index (χ0v) is 14.6. The molecule has 0 saturated heterocycles. The molecule has 0 aliphatic heterocycles. The van der Waals surface area contributed by atoms with Crippen LogP contribution in [0.4, 0.5) is 0 Å². The van der Waals surface area contributed by atoms with Crippen molar-refractivity contribution in [2.75, 3.05) is 0 Å². The Bertz CT molecular complexity index is 556. The molecular formula is C18H27ClN2O. The minimum atomic E-state index is -0.529. The fourth-order valence-corrected chi connectivity index (χ4v) is 4.03. The highest BCUT2D eigenvalue weighted by molar-refractivity contribution is 6.64. The number of carbonyl (C=O) groups excluding carboxylic acids is 1. The third kappa shape index (κ3) is 3.10. The first kappa shape index (κ1) is 16.0. The topological polar surface area (TPSA) is 34.9 Å². The summed E-state index contributed by atoms with van der Waals surface area (Å²) in [6.07, 6.45) is 11.9. The Morgan fingerprint density at radius 2 is 1.86 bits per heavy atom. The number of hydrogen-bond donors (Lipinski definition) is 0. The zero-order valence-electron chi connectivity index (χ0n) is 13.8. The van der Waals surface area contributed by atoms with Gasteiger partial charge in [-0.3, -0.25) is 9.48 Å². The predicted octanol–water partition coefficient (Wildman–Crippen LogP) is 4.60. The maximum Gasteiger partial charge on any atom is 0.227 e. The minimum absolute atomic E-state index is 0.260. The number of carbonyl (C=O) groups is 1. The molecule has 0 spiro atoms. The average Bonchev–Trinajstić information content (AvgIpc) is 2.86. The van der Waals surface area contributed by atoms with E-state index in [1.165, 1.54) is 56.2 Å². The van der Waals surface area contributed by atoms with Crippen molar-refractivity contribution in [1.29, 1.82) is 0 Å². The Kier molecular flexibility index (Phi) is 4.63.